The molecule has 0 aliphatic carbocycles. The zero-order valence-corrected chi connectivity index (χ0v) is 16.4. The Labute approximate surface area is 157 Å². The van der Waals surface area contributed by atoms with Crippen LogP contribution < -0.4 is 0 Å². The van der Waals surface area contributed by atoms with Gasteiger partial charge in [0.25, 0.3) is 0 Å². The largest absolute Gasteiger partial charge is 0.377 e. The summed E-state index contributed by atoms with van der Waals surface area (Å²) in [6, 6.07) is 2.23. The molecule has 0 amide bonds. The van der Waals surface area contributed by atoms with Crippen molar-refractivity contribution in [3.8, 4) is 0 Å². The zero-order valence-electron chi connectivity index (χ0n) is 14.8. The number of likely N-dealkylation sites (tertiary alicyclic amines) is 1. The molecule has 1 atom stereocenters. The minimum absolute atomic E-state index is 0.394. The molecule has 2 saturated heterocycles. The molecule has 5 nitrogen and oxygen atoms in total. The van der Waals surface area contributed by atoms with Gasteiger partial charge in [-0.1, -0.05) is 11.8 Å². The predicted molar refractivity (Wildman–Crippen MR) is 102 cm³/mol. The molecule has 2 aliphatic rings. The van der Waals surface area contributed by atoms with Crippen LogP contribution in [0.4, 0.5) is 0 Å². The monoisotopic (exact) mass is 378 g/mol. The molecule has 4 rings (SSSR count). The molecular formula is C18H26N4OS2. The lowest BCUT2D eigenvalue weighted by Crippen LogP contribution is -2.33. The Morgan fingerprint density at radius 1 is 1.28 bits per heavy atom. The lowest BCUT2D eigenvalue weighted by Gasteiger charge is -2.31. The zero-order chi connectivity index (χ0) is 17.1. The molecule has 0 bridgehead atoms. The lowest BCUT2D eigenvalue weighted by atomic mass is 9.96. The Morgan fingerprint density at radius 2 is 2.16 bits per heavy atom. The average Bonchev–Trinajstić information content (AvgIpc) is 3.37. The van der Waals surface area contributed by atoms with E-state index < -0.39 is 0 Å². The highest BCUT2D eigenvalue weighted by molar-refractivity contribution is 7.99. The van der Waals surface area contributed by atoms with Crippen molar-refractivity contribution in [2.75, 3.05) is 25.4 Å². The van der Waals surface area contributed by atoms with Crippen LogP contribution in [0.2, 0.25) is 0 Å². The van der Waals surface area contributed by atoms with Crippen LogP contribution in [0.25, 0.3) is 0 Å². The van der Waals surface area contributed by atoms with Crippen LogP contribution in [-0.4, -0.2) is 51.2 Å². The van der Waals surface area contributed by atoms with Crippen LogP contribution >= 0.6 is 23.1 Å². The highest BCUT2D eigenvalue weighted by Crippen LogP contribution is 2.30. The smallest absolute Gasteiger partial charge is 0.191 e. The van der Waals surface area contributed by atoms with E-state index in [1.165, 1.54) is 31.2 Å². The summed E-state index contributed by atoms with van der Waals surface area (Å²) < 4.78 is 7.92. The first-order valence-corrected chi connectivity index (χ1v) is 11.1. The molecule has 136 valence electrons. The number of nitrogens with zero attached hydrogens (tertiary/aromatic N) is 4. The second kappa shape index (κ2) is 8.20. The minimum Gasteiger partial charge on any atom is -0.377 e. The summed E-state index contributed by atoms with van der Waals surface area (Å²) in [7, 11) is 2.12. The lowest BCUT2D eigenvalue weighted by molar-refractivity contribution is 0.129. The normalized spacial score (nSPS) is 22.7. The molecule has 0 N–H and O–H groups in total. The maximum atomic E-state index is 5.71. The fraction of sp³-hybridized carbons (Fsp3) is 0.667. The molecule has 2 aromatic rings. The molecule has 4 heterocycles. The molecule has 2 aromatic heterocycles. The van der Waals surface area contributed by atoms with Gasteiger partial charge in [-0.15, -0.1) is 10.2 Å². The van der Waals surface area contributed by atoms with E-state index in [-0.39, 0.29) is 0 Å². The quantitative estimate of drug-likeness (QED) is 0.720. The number of hydrogen-bond donors (Lipinski definition) is 0. The Kier molecular flexibility index (Phi) is 5.75. The first-order valence-electron chi connectivity index (χ1n) is 9.16. The van der Waals surface area contributed by atoms with Crippen molar-refractivity contribution >= 4 is 23.1 Å². The number of piperidine rings is 1. The maximum Gasteiger partial charge on any atom is 0.191 e. The molecule has 2 aliphatic heterocycles. The number of thioether (sulfide) groups is 1. The predicted octanol–water partition coefficient (Wildman–Crippen LogP) is 3.53. The molecule has 0 aromatic carbocycles. The van der Waals surface area contributed by atoms with Gasteiger partial charge in [0, 0.05) is 31.9 Å². The van der Waals surface area contributed by atoms with Crippen LogP contribution in [0.5, 0.6) is 0 Å². The first-order chi connectivity index (χ1) is 12.3. The van der Waals surface area contributed by atoms with E-state index in [1.54, 1.807) is 23.1 Å². The fourth-order valence-electron chi connectivity index (χ4n) is 3.74. The maximum absolute atomic E-state index is 5.71. The van der Waals surface area contributed by atoms with Gasteiger partial charge in [-0.25, -0.2) is 0 Å². The summed E-state index contributed by atoms with van der Waals surface area (Å²) in [5.74, 6) is 2.68. The summed E-state index contributed by atoms with van der Waals surface area (Å²) in [5.41, 5.74) is 1.44. The fourth-order valence-corrected chi connectivity index (χ4v) is 5.38. The van der Waals surface area contributed by atoms with Crippen LogP contribution in [-0.2, 0) is 18.3 Å². The van der Waals surface area contributed by atoms with Gasteiger partial charge >= 0.3 is 0 Å². The van der Waals surface area contributed by atoms with Crippen LogP contribution in [0.15, 0.2) is 22.0 Å². The number of rotatable bonds is 6. The second-order valence-corrected chi connectivity index (χ2v) is 8.80. The van der Waals surface area contributed by atoms with Gasteiger partial charge in [0.1, 0.15) is 5.82 Å². The van der Waals surface area contributed by atoms with Gasteiger partial charge in [-0.2, -0.15) is 11.3 Å². The summed E-state index contributed by atoms with van der Waals surface area (Å²) in [6.07, 6.45) is 5.11. The third kappa shape index (κ3) is 4.27. The van der Waals surface area contributed by atoms with Crippen molar-refractivity contribution in [2.45, 2.75) is 49.4 Å². The van der Waals surface area contributed by atoms with Gasteiger partial charge in [0.15, 0.2) is 5.16 Å². The highest BCUT2D eigenvalue weighted by Gasteiger charge is 2.26. The minimum atomic E-state index is 0.394. The van der Waals surface area contributed by atoms with Crippen molar-refractivity contribution in [3.63, 3.8) is 0 Å². The molecule has 0 saturated carbocycles. The second-order valence-electron chi connectivity index (χ2n) is 7.03. The molecule has 7 heteroatoms. The van der Waals surface area contributed by atoms with Gasteiger partial charge in [0.2, 0.25) is 0 Å². The Balaban J connectivity index is 1.30. The Bertz CT molecular complexity index is 659. The van der Waals surface area contributed by atoms with E-state index in [2.05, 4.69) is 43.5 Å². The Hall–Kier alpha value is -0.890. The third-order valence-electron chi connectivity index (χ3n) is 5.23. The number of aromatic nitrogens is 3. The van der Waals surface area contributed by atoms with Crippen LogP contribution in [0, 0.1) is 0 Å². The van der Waals surface area contributed by atoms with Crippen molar-refractivity contribution in [1.29, 1.82) is 0 Å². The average molecular weight is 379 g/mol. The van der Waals surface area contributed by atoms with E-state index in [9.17, 15) is 0 Å². The molecule has 0 spiro atoms. The van der Waals surface area contributed by atoms with Crippen molar-refractivity contribution in [3.05, 3.63) is 28.2 Å². The third-order valence-corrected chi connectivity index (χ3v) is 7.11. The van der Waals surface area contributed by atoms with E-state index in [0.29, 0.717) is 12.0 Å². The van der Waals surface area contributed by atoms with Crippen LogP contribution in [0.1, 0.15) is 43.0 Å². The number of thiophene rings is 1. The Morgan fingerprint density at radius 3 is 2.88 bits per heavy atom. The van der Waals surface area contributed by atoms with E-state index >= 15 is 0 Å². The first kappa shape index (κ1) is 17.5. The van der Waals surface area contributed by atoms with Gasteiger partial charge in [0.05, 0.1) is 6.10 Å². The molecule has 0 unspecified atom stereocenters. The standard InChI is InChI=1S/C18H26N4OS2/c1-21-17(19-20-18(21)25-13-16-3-2-9-23-16)15-4-7-22(8-5-15)11-14-6-10-24-12-14/h6,10,12,15-16H,2-5,7-9,11,13H2,1H3/t16-/m0/s1. The summed E-state index contributed by atoms with van der Waals surface area (Å²) in [6.45, 7) is 4.29. The van der Waals surface area contributed by atoms with E-state index in [1.807, 2.05) is 0 Å². The van der Waals surface area contributed by atoms with Crippen molar-refractivity contribution in [1.82, 2.24) is 19.7 Å². The highest BCUT2D eigenvalue weighted by atomic mass is 32.2. The molecule has 25 heavy (non-hydrogen) atoms. The van der Waals surface area contributed by atoms with E-state index in [0.717, 1.165) is 43.0 Å². The molecule has 2 fully saturated rings. The van der Waals surface area contributed by atoms with Crippen molar-refractivity contribution < 1.29 is 4.74 Å². The van der Waals surface area contributed by atoms with Gasteiger partial charge in [-0.05, 0) is 61.2 Å². The SMILES string of the molecule is Cn1c(SC[C@@H]2CCCO2)nnc1C1CCN(Cc2ccsc2)CC1. The van der Waals surface area contributed by atoms with Crippen LogP contribution in [0.3, 0.4) is 0 Å². The number of hydrogen-bond acceptors (Lipinski definition) is 6. The molecular weight excluding hydrogens is 352 g/mol. The van der Waals surface area contributed by atoms with E-state index in [4.69, 9.17) is 4.74 Å². The van der Waals surface area contributed by atoms with Gasteiger partial charge < -0.3 is 9.30 Å². The summed E-state index contributed by atoms with van der Waals surface area (Å²) in [5, 5.41) is 14.4. The molecule has 0 radical (unpaired) electrons. The summed E-state index contributed by atoms with van der Waals surface area (Å²) in [4.78, 5) is 2.56. The van der Waals surface area contributed by atoms with Crippen molar-refractivity contribution in [2.24, 2.45) is 7.05 Å². The number of ether oxygens (including phenoxy) is 1. The topological polar surface area (TPSA) is 43.2 Å². The summed E-state index contributed by atoms with van der Waals surface area (Å²) >= 11 is 3.57. The van der Waals surface area contributed by atoms with Gasteiger partial charge in [-0.3, -0.25) is 4.90 Å².